The van der Waals surface area contributed by atoms with E-state index in [-0.39, 0.29) is 58.8 Å². The lowest BCUT2D eigenvalue weighted by Gasteiger charge is -2.72. The Labute approximate surface area is 580 Å². The number of thioether (sulfide) groups is 1. The van der Waals surface area contributed by atoms with Gasteiger partial charge in [0.1, 0.15) is 17.5 Å². The number of allylic oxidation sites excluding steroid dienone is 1. The Morgan fingerprint density at radius 2 is 1.51 bits per heavy atom. The molecule has 4 aromatic carbocycles. The molecular weight excluding hydrogens is 1280 g/mol. The van der Waals surface area contributed by atoms with Crippen LogP contribution < -0.4 is 25.6 Å². The van der Waals surface area contributed by atoms with Crippen LogP contribution in [0, 0.1) is 29.1 Å². The minimum Gasteiger partial charge on any atom is -0.382 e. The van der Waals surface area contributed by atoms with E-state index < -0.39 is 45.6 Å². The standard InChI is InChI=1S/C74H95N11O11S2/c1-51-42-59(98(92,93)79-68(88)53-15-17-57(18-16-53)83-35-33-82(34-36-83)44-54-23-27-72(2,3)43-61(54)74-48-73(4,49-74)50-74)19-20-62(51)76-55(47-97-58-10-6-5-7-11-58)26-32-81-30-24-52(25-31-81)65(86)14-9-29-84-45-56(78-80-84)46-96-41-40-95-39-38-94-37-28-75-63-13-8-12-60-67(63)71(91)85(70(60)90)64-21-22-66(87)77-69(64)89/h5-8,10-13,15-20,42,45,52,55,64,75-76H,9,14,21-41,43-44,46-50H2,1-4H3,(H,79,88)(H,77,87,89)/t55-,64?,73?,74?/m1/s1. The third kappa shape index (κ3) is 17.1. The molecule has 1 unspecified atom stereocenters. The number of carbonyl (C=O) groups is 6. The molecule has 0 spiro atoms. The molecule has 13 rings (SSSR count). The third-order valence-electron chi connectivity index (χ3n) is 20.9. The maximum atomic E-state index is 13.8. The summed E-state index contributed by atoms with van der Waals surface area (Å²) < 4.78 is 48.7. The van der Waals surface area contributed by atoms with Gasteiger partial charge >= 0.3 is 0 Å². The number of sulfonamides is 1. The second kappa shape index (κ2) is 31.1. The van der Waals surface area contributed by atoms with Gasteiger partial charge < -0.3 is 34.6 Å². The van der Waals surface area contributed by atoms with Crippen molar-refractivity contribution in [1.29, 1.82) is 0 Å². The largest absolute Gasteiger partial charge is 0.382 e. The Balaban J connectivity index is 0.520. The van der Waals surface area contributed by atoms with Crippen LogP contribution in [0.3, 0.4) is 0 Å². The van der Waals surface area contributed by atoms with Gasteiger partial charge in [0, 0.05) is 110 Å². The summed E-state index contributed by atoms with van der Waals surface area (Å²) in [4.78, 5) is 87.1. The lowest BCUT2D eigenvalue weighted by molar-refractivity contribution is -0.167. The zero-order chi connectivity index (χ0) is 68.6. The molecule has 5 heterocycles. The van der Waals surface area contributed by atoms with E-state index in [2.05, 4.69) is 78.6 Å². The predicted octanol–water partition coefficient (Wildman–Crippen LogP) is 9.31. The van der Waals surface area contributed by atoms with Crippen LogP contribution in [0.1, 0.15) is 147 Å². The number of piperidine rings is 2. The number of hydrogen-bond acceptors (Lipinski definition) is 19. The van der Waals surface area contributed by atoms with Crippen LogP contribution in [-0.4, -0.2) is 183 Å². The number of fused-ring (bicyclic) bond motifs is 1. The smallest absolute Gasteiger partial charge is 0.264 e. The lowest BCUT2D eigenvalue weighted by atomic mass is 9.33. The number of nitrogens with zero attached hydrogens (tertiary/aromatic N) is 7. The van der Waals surface area contributed by atoms with Crippen molar-refractivity contribution >= 4 is 74.2 Å². The minimum absolute atomic E-state index is 0.0198. The summed E-state index contributed by atoms with van der Waals surface area (Å²) in [5.41, 5.74) is 9.44. The Bertz CT molecular complexity index is 3840. The van der Waals surface area contributed by atoms with Gasteiger partial charge in [-0.3, -0.25) is 48.6 Å². The first-order chi connectivity index (χ1) is 47.2. The fourth-order valence-electron chi connectivity index (χ4n) is 15.8. The van der Waals surface area contributed by atoms with Crippen LogP contribution >= 0.6 is 11.8 Å². The van der Waals surface area contributed by atoms with Crippen molar-refractivity contribution in [3.63, 3.8) is 0 Å². The number of ether oxygens (including phenoxy) is 3. The van der Waals surface area contributed by atoms with Gasteiger partial charge in [-0.05, 0) is 179 Å². The minimum atomic E-state index is -4.18. The van der Waals surface area contributed by atoms with Crippen LogP contribution in [0.2, 0.25) is 0 Å². The molecule has 4 aliphatic carbocycles. The number of piperazine rings is 1. The Kier molecular flexibility index (Phi) is 22.4. The van der Waals surface area contributed by atoms with Crippen molar-refractivity contribution in [2.75, 3.05) is 113 Å². The maximum Gasteiger partial charge on any atom is 0.264 e. The molecule has 98 heavy (non-hydrogen) atoms. The van der Waals surface area contributed by atoms with Gasteiger partial charge in [-0.15, -0.1) is 16.9 Å². The monoisotopic (exact) mass is 1380 g/mol. The SMILES string of the molecule is Cc1cc(S(=O)(=O)NC(=O)c2ccc(N3CCN(CC4=C(C56CC(C)(C5)C6)CC(C)(C)CC4)CC3)cc2)ccc1N[C@H](CCN1CCC(C(=O)CCCn2cc(COCCOCCOCCNc3cccc4c3C(=O)N(C3CCC(=O)NC3=O)C4=O)nn2)CC1)CSc1ccccc1. The highest BCUT2D eigenvalue weighted by atomic mass is 32.2. The van der Waals surface area contributed by atoms with Gasteiger partial charge in [0.05, 0.1) is 61.9 Å². The Hall–Kier alpha value is -7.32. The summed E-state index contributed by atoms with van der Waals surface area (Å²) in [5, 5.41) is 17.6. The van der Waals surface area contributed by atoms with E-state index in [0.717, 1.165) is 104 Å². The van der Waals surface area contributed by atoms with Crippen molar-refractivity contribution in [1.82, 2.24) is 39.7 Å². The molecule has 3 saturated heterocycles. The van der Waals surface area contributed by atoms with E-state index in [0.29, 0.717) is 86.6 Å². The van der Waals surface area contributed by atoms with Crippen LogP contribution in [0.15, 0.2) is 118 Å². The van der Waals surface area contributed by atoms with E-state index >= 15 is 0 Å². The van der Waals surface area contributed by atoms with Crippen LogP contribution in [0.25, 0.3) is 0 Å². The molecule has 5 aromatic rings. The molecule has 524 valence electrons. The van der Waals surface area contributed by atoms with Crippen LogP contribution in [-0.2, 0) is 51.8 Å². The molecule has 24 heteroatoms. The van der Waals surface area contributed by atoms with Gasteiger partial charge in [-0.25, -0.2) is 13.1 Å². The van der Waals surface area contributed by atoms with Gasteiger partial charge in [0.2, 0.25) is 11.8 Å². The number of carbonyl (C=O) groups excluding carboxylic acids is 6. The zero-order valence-electron chi connectivity index (χ0n) is 57.1. The van der Waals surface area contributed by atoms with Crippen molar-refractivity contribution in [3.05, 3.63) is 136 Å². The number of nitrogens with one attached hydrogen (secondary N) is 4. The van der Waals surface area contributed by atoms with E-state index in [1.165, 1.54) is 38.5 Å². The van der Waals surface area contributed by atoms with Crippen LogP contribution in [0.4, 0.5) is 17.1 Å². The number of anilines is 3. The molecule has 2 atom stereocenters. The second-order valence-electron chi connectivity index (χ2n) is 29.1. The normalized spacial score (nSPS) is 22.3. The molecule has 5 amide bonds. The van der Waals surface area contributed by atoms with Crippen molar-refractivity contribution in [3.8, 4) is 0 Å². The summed E-state index contributed by atoms with van der Waals surface area (Å²) in [6.07, 6.45) is 13.4. The quantitative estimate of drug-likeness (QED) is 0.0132. The molecule has 2 bridgehead atoms. The summed E-state index contributed by atoms with van der Waals surface area (Å²) in [6, 6.07) is 26.5. The fourth-order valence-corrected chi connectivity index (χ4v) is 17.8. The van der Waals surface area contributed by atoms with E-state index in [9.17, 15) is 37.2 Å². The highest BCUT2D eigenvalue weighted by Gasteiger charge is 2.67. The molecule has 4 aliphatic heterocycles. The third-order valence-corrected chi connectivity index (χ3v) is 23.5. The average Bonchev–Trinajstić information content (AvgIpc) is 0.788. The Morgan fingerprint density at radius 1 is 0.776 bits per heavy atom. The zero-order valence-corrected chi connectivity index (χ0v) is 58.8. The average molecular weight is 1380 g/mol. The number of imide groups is 2. The first-order valence-corrected chi connectivity index (χ1v) is 37.5. The number of amides is 5. The van der Waals surface area contributed by atoms with Gasteiger partial charge in [0.15, 0.2) is 0 Å². The molecule has 3 saturated carbocycles. The van der Waals surface area contributed by atoms with Crippen molar-refractivity contribution in [2.45, 2.75) is 146 Å². The summed E-state index contributed by atoms with van der Waals surface area (Å²) >= 11 is 1.77. The van der Waals surface area contributed by atoms with Crippen molar-refractivity contribution in [2.24, 2.45) is 22.2 Å². The first-order valence-electron chi connectivity index (χ1n) is 35.1. The van der Waals surface area contributed by atoms with Crippen LogP contribution in [0.5, 0.6) is 0 Å². The van der Waals surface area contributed by atoms with E-state index in [1.54, 1.807) is 76.1 Å². The highest BCUT2D eigenvalue weighted by Crippen LogP contribution is 2.77. The van der Waals surface area contributed by atoms with Gasteiger partial charge in [-0.2, -0.15) is 0 Å². The number of aryl methyl sites for hydroxylation is 2. The number of likely N-dealkylation sites (tertiary alicyclic amines) is 1. The number of aromatic nitrogens is 3. The summed E-state index contributed by atoms with van der Waals surface area (Å²) in [5.74, 6) is -1.80. The number of benzene rings is 4. The molecule has 1 aromatic heterocycles. The van der Waals surface area contributed by atoms with Gasteiger partial charge in [0.25, 0.3) is 27.7 Å². The molecule has 4 N–H and O–H groups in total. The van der Waals surface area contributed by atoms with Crippen molar-refractivity contribution < 1.29 is 51.4 Å². The fraction of sp³-hybridized carbons (Fsp3) is 0.541. The number of hydrogen-bond donors (Lipinski definition) is 4. The van der Waals surface area contributed by atoms with E-state index in [1.807, 2.05) is 43.5 Å². The maximum absolute atomic E-state index is 13.8. The number of ketones is 1. The molecular formula is C74H95N11O11S2. The van der Waals surface area contributed by atoms with E-state index in [4.69, 9.17) is 14.2 Å². The number of rotatable bonds is 33. The predicted molar refractivity (Wildman–Crippen MR) is 375 cm³/mol. The molecule has 8 aliphatic rings. The Morgan fingerprint density at radius 3 is 2.23 bits per heavy atom. The highest BCUT2D eigenvalue weighted by molar-refractivity contribution is 7.99. The summed E-state index contributed by atoms with van der Waals surface area (Å²) in [6.45, 7) is 19.5. The first kappa shape index (κ1) is 70.5. The number of Topliss-reactive ketones (excluding diaryl/α,β-unsaturated/α-hetero) is 1. The molecule has 22 nitrogen and oxygen atoms in total. The summed E-state index contributed by atoms with van der Waals surface area (Å²) in [7, 11) is -4.18. The second-order valence-corrected chi connectivity index (χ2v) is 31.8. The topological polar surface area (TPSA) is 256 Å². The molecule has 0 radical (unpaired) electrons. The lowest BCUT2D eigenvalue weighted by Crippen LogP contribution is -2.61. The van der Waals surface area contributed by atoms with Gasteiger partial charge in [-0.1, -0.05) is 61.4 Å². The molecule has 6 fully saturated rings.